The number of nitrogens with zero attached hydrogens (tertiary/aromatic N) is 3. The lowest BCUT2D eigenvalue weighted by Gasteiger charge is -2.21. The molecule has 0 unspecified atom stereocenters. The van der Waals surface area contributed by atoms with E-state index in [1.165, 1.54) is 12.3 Å². The van der Waals surface area contributed by atoms with Crippen LogP contribution >= 0.6 is 0 Å². The summed E-state index contributed by atoms with van der Waals surface area (Å²) in [5.74, 6) is 1.08. The van der Waals surface area contributed by atoms with Gasteiger partial charge in [0.2, 0.25) is 17.7 Å². The van der Waals surface area contributed by atoms with Crippen LogP contribution in [0, 0.1) is 13.8 Å². The Morgan fingerprint density at radius 3 is 2.45 bits per heavy atom. The van der Waals surface area contributed by atoms with Crippen molar-refractivity contribution in [3.63, 3.8) is 0 Å². The van der Waals surface area contributed by atoms with Crippen LogP contribution in [0.15, 0.2) is 93.0 Å². The summed E-state index contributed by atoms with van der Waals surface area (Å²) in [6.07, 6.45) is 3.22. The third kappa shape index (κ3) is 6.06. The molecule has 0 saturated carbocycles. The molecule has 0 bridgehead atoms. The number of sulfonamides is 1. The van der Waals surface area contributed by atoms with Crippen LogP contribution in [0.1, 0.15) is 22.4 Å². The first-order valence-corrected chi connectivity index (χ1v) is 14.6. The molecule has 0 aliphatic rings. The van der Waals surface area contributed by atoms with Gasteiger partial charge < -0.3 is 18.6 Å². The Morgan fingerprint density at radius 2 is 1.79 bits per heavy atom. The quantitative estimate of drug-likeness (QED) is 0.223. The van der Waals surface area contributed by atoms with Gasteiger partial charge in [-0.25, -0.2) is 18.1 Å². The van der Waals surface area contributed by atoms with Gasteiger partial charge in [-0.1, -0.05) is 41.6 Å². The molecule has 10 nitrogen and oxygen atoms in total. The van der Waals surface area contributed by atoms with Crippen LogP contribution in [0.5, 0.6) is 5.75 Å². The minimum Gasteiger partial charge on any atom is -0.497 e. The second kappa shape index (κ2) is 11.9. The van der Waals surface area contributed by atoms with Gasteiger partial charge in [0, 0.05) is 30.3 Å². The van der Waals surface area contributed by atoms with E-state index < -0.39 is 10.0 Å². The lowest BCUT2D eigenvalue weighted by Crippen LogP contribution is -2.28. The lowest BCUT2D eigenvalue weighted by molar-refractivity contribution is -0.129. The first-order chi connectivity index (χ1) is 20.2. The van der Waals surface area contributed by atoms with E-state index >= 15 is 0 Å². The van der Waals surface area contributed by atoms with Crippen LogP contribution in [0.4, 0.5) is 5.88 Å². The molecule has 0 fully saturated rings. The molecule has 2 heterocycles. The monoisotopic (exact) mass is 586 g/mol. The molecule has 2 aromatic heterocycles. The second-order valence-corrected chi connectivity index (χ2v) is 11.5. The molecule has 0 aliphatic heterocycles. The van der Waals surface area contributed by atoms with Crippen molar-refractivity contribution in [2.24, 2.45) is 0 Å². The van der Waals surface area contributed by atoms with Crippen molar-refractivity contribution in [2.75, 3.05) is 18.9 Å². The predicted octanol–water partition coefficient (Wildman–Crippen LogP) is 5.62. The largest absolute Gasteiger partial charge is 0.497 e. The van der Waals surface area contributed by atoms with Gasteiger partial charge >= 0.3 is 0 Å². The molecule has 42 heavy (non-hydrogen) atoms. The molecule has 1 N–H and O–H groups in total. The molecule has 3 aromatic carbocycles. The van der Waals surface area contributed by atoms with Crippen LogP contribution in [0.2, 0.25) is 0 Å². The molecular weight excluding hydrogens is 556 g/mol. The number of carbonyl (C=O) groups excluding carboxylic acids is 1. The van der Waals surface area contributed by atoms with Crippen molar-refractivity contribution in [1.29, 1.82) is 0 Å². The summed E-state index contributed by atoms with van der Waals surface area (Å²) in [5.41, 5.74) is 4.55. The molecule has 0 radical (unpaired) electrons. The number of carbonyl (C=O) groups is 1. The summed E-state index contributed by atoms with van der Waals surface area (Å²) in [7, 11) is -0.762. The smallest absolute Gasteiger partial charge is 0.264 e. The van der Waals surface area contributed by atoms with E-state index in [-0.39, 0.29) is 29.7 Å². The fourth-order valence-corrected chi connectivity index (χ4v) is 5.76. The van der Waals surface area contributed by atoms with E-state index in [4.69, 9.17) is 13.7 Å². The van der Waals surface area contributed by atoms with Gasteiger partial charge in [-0.2, -0.15) is 0 Å². The maximum Gasteiger partial charge on any atom is 0.264 e. The minimum atomic E-state index is -4.07. The number of anilines is 1. The number of likely N-dealkylation sites (N-methyl/N-ethyl adjacent to an activating group) is 1. The van der Waals surface area contributed by atoms with Gasteiger partial charge in [0.25, 0.3) is 10.0 Å². The van der Waals surface area contributed by atoms with Gasteiger partial charge in [0.15, 0.2) is 0 Å². The van der Waals surface area contributed by atoms with E-state index in [1.807, 2.05) is 42.5 Å². The summed E-state index contributed by atoms with van der Waals surface area (Å²) < 4.78 is 45.7. The maximum atomic E-state index is 13.6. The highest BCUT2D eigenvalue weighted by Crippen LogP contribution is 2.34. The van der Waals surface area contributed by atoms with Gasteiger partial charge in [-0.3, -0.25) is 4.79 Å². The molecule has 0 saturated heterocycles. The SMILES string of the molecule is COc1ccc(CC(=O)N(C)Cc2cc(-c3ncco3)ccc2-c2ccccc2S(=O)(=O)Nc2onc(C)c2C)cc1. The number of aryl methyl sites for hydroxylation is 1. The average Bonchev–Trinajstić information content (AvgIpc) is 3.64. The summed E-state index contributed by atoms with van der Waals surface area (Å²) >= 11 is 0. The Morgan fingerprint density at radius 1 is 1.02 bits per heavy atom. The molecule has 11 heteroatoms. The van der Waals surface area contributed by atoms with Crippen LogP contribution in [-0.4, -0.2) is 43.5 Å². The number of aromatic nitrogens is 2. The Balaban J connectivity index is 1.51. The minimum absolute atomic E-state index is 0.0517. The first-order valence-electron chi connectivity index (χ1n) is 13.1. The number of oxazole rings is 1. The van der Waals surface area contributed by atoms with Crippen LogP contribution in [-0.2, 0) is 27.8 Å². The van der Waals surface area contributed by atoms with Crippen molar-refractivity contribution >= 4 is 21.8 Å². The number of rotatable bonds is 10. The van der Waals surface area contributed by atoms with E-state index in [0.29, 0.717) is 45.2 Å². The van der Waals surface area contributed by atoms with Crippen LogP contribution < -0.4 is 9.46 Å². The topological polar surface area (TPSA) is 128 Å². The van der Waals surface area contributed by atoms with Gasteiger partial charge in [0.05, 0.1) is 30.3 Å². The third-order valence-corrected chi connectivity index (χ3v) is 8.37. The Bertz CT molecular complexity index is 1810. The number of hydrogen-bond acceptors (Lipinski definition) is 8. The molecule has 1 amide bonds. The molecule has 0 aliphatic carbocycles. The number of ether oxygens (including phenoxy) is 1. The highest BCUT2D eigenvalue weighted by atomic mass is 32.2. The Labute approximate surface area is 244 Å². The number of nitrogens with one attached hydrogen (secondary N) is 1. The number of methoxy groups -OCH3 is 1. The van der Waals surface area contributed by atoms with Crippen molar-refractivity contribution in [1.82, 2.24) is 15.0 Å². The van der Waals surface area contributed by atoms with Crippen LogP contribution in [0.3, 0.4) is 0 Å². The van der Waals surface area contributed by atoms with Crippen molar-refractivity contribution in [2.45, 2.75) is 31.7 Å². The van der Waals surface area contributed by atoms with Crippen molar-refractivity contribution in [3.8, 4) is 28.3 Å². The summed E-state index contributed by atoms with van der Waals surface area (Å²) in [5, 5.41) is 3.85. The zero-order chi connectivity index (χ0) is 29.9. The van der Waals surface area contributed by atoms with Gasteiger partial charge in [0.1, 0.15) is 12.0 Å². The third-order valence-electron chi connectivity index (χ3n) is 6.98. The molecule has 0 spiro atoms. The van der Waals surface area contributed by atoms with Gasteiger partial charge in [-0.15, -0.1) is 0 Å². The van der Waals surface area contributed by atoms with E-state index in [2.05, 4.69) is 14.9 Å². The molecule has 0 atom stereocenters. The van der Waals surface area contributed by atoms with Crippen LogP contribution in [0.25, 0.3) is 22.6 Å². The molecule has 5 aromatic rings. The number of amides is 1. The van der Waals surface area contributed by atoms with Crippen molar-refractivity contribution in [3.05, 3.63) is 102 Å². The molecule has 5 rings (SSSR count). The predicted molar refractivity (Wildman–Crippen MR) is 157 cm³/mol. The van der Waals surface area contributed by atoms with E-state index in [9.17, 15) is 13.2 Å². The highest BCUT2D eigenvalue weighted by Gasteiger charge is 2.25. The summed E-state index contributed by atoms with van der Waals surface area (Å²) in [6.45, 7) is 3.67. The fourth-order valence-electron chi connectivity index (χ4n) is 4.49. The second-order valence-electron chi connectivity index (χ2n) is 9.81. The summed E-state index contributed by atoms with van der Waals surface area (Å²) in [6, 6.07) is 19.5. The standard InChI is InChI=1S/C31H30N4O6S/c1-20-21(2)33-41-30(20)34-42(37,38)28-8-6-5-7-27(28)26-14-11-23(31-32-15-16-40-31)18-24(26)19-35(3)29(36)17-22-9-12-25(39-4)13-10-22/h5-16,18,34H,17,19H2,1-4H3. The van der Waals surface area contributed by atoms with E-state index in [1.54, 1.807) is 57.3 Å². The molecule has 216 valence electrons. The fraction of sp³-hybridized carbons (Fsp3) is 0.194. The Hall–Kier alpha value is -4.90. The number of benzene rings is 3. The van der Waals surface area contributed by atoms with Gasteiger partial charge in [-0.05, 0) is 60.9 Å². The maximum absolute atomic E-state index is 13.6. The normalized spacial score (nSPS) is 11.3. The molecular formula is C31H30N4O6S. The summed E-state index contributed by atoms with van der Waals surface area (Å²) in [4.78, 5) is 19.1. The lowest BCUT2D eigenvalue weighted by atomic mass is 9.96. The number of hydrogen-bond donors (Lipinski definition) is 1. The first kappa shape index (κ1) is 28.6. The zero-order valence-corrected chi connectivity index (χ0v) is 24.4. The zero-order valence-electron chi connectivity index (χ0n) is 23.6. The van der Waals surface area contributed by atoms with Crippen molar-refractivity contribution < 1.29 is 26.9 Å². The van der Waals surface area contributed by atoms with E-state index in [0.717, 1.165) is 5.56 Å². The average molecular weight is 587 g/mol. The highest BCUT2D eigenvalue weighted by molar-refractivity contribution is 7.92. The Kier molecular flexibility index (Phi) is 8.12.